The predicted octanol–water partition coefficient (Wildman–Crippen LogP) is 6.04. The normalized spacial score (nSPS) is 20.6. The van der Waals surface area contributed by atoms with Gasteiger partial charge in [0.25, 0.3) is 0 Å². The molecule has 0 bridgehead atoms. The van der Waals surface area contributed by atoms with Crippen molar-refractivity contribution in [2.24, 2.45) is 0 Å². The third-order valence-electron chi connectivity index (χ3n) is 7.89. The third-order valence-corrected chi connectivity index (χ3v) is 8.14. The van der Waals surface area contributed by atoms with E-state index < -0.39 is 30.2 Å². The Kier molecular flexibility index (Phi) is 8.47. The molecule has 0 aliphatic carbocycles. The van der Waals surface area contributed by atoms with E-state index in [-0.39, 0.29) is 19.0 Å². The molecule has 1 amide bonds. The summed E-state index contributed by atoms with van der Waals surface area (Å²) in [4.78, 5) is 29.5. The van der Waals surface area contributed by atoms with Gasteiger partial charge in [0.05, 0.1) is 18.5 Å². The number of amides is 1. The largest absolute Gasteiger partial charge is 0.490 e. The standard InChI is InChI=1S/C31H30ClF3N2O3/c32-25-13-11-21(12-14-25)22-15-17-36(18-16-22)26-19-37(20-27(26)40-30(39)31(33,34)35)29(38)28(23-7-3-1-4-8-23)24-9-5-2-6-10-24/h1-14,22,26-28H,15-20H2/t26-,27-/m0/s1. The van der Waals surface area contributed by atoms with Crippen LogP contribution in [0.4, 0.5) is 13.2 Å². The number of carbonyl (C=O) groups excluding carboxylic acids is 2. The van der Waals surface area contributed by atoms with Gasteiger partial charge in [0.1, 0.15) is 6.10 Å². The topological polar surface area (TPSA) is 49.9 Å². The Morgan fingerprint density at radius 2 is 1.38 bits per heavy atom. The molecule has 2 saturated heterocycles. The van der Waals surface area contributed by atoms with E-state index in [1.807, 2.05) is 84.9 Å². The average Bonchev–Trinajstić information content (AvgIpc) is 3.38. The first-order valence-electron chi connectivity index (χ1n) is 13.4. The fraction of sp³-hybridized carbons (Fsp3) is 0.355. The van der Waals surface area contributed by atoms with Crippen LogP contribution < -0.4 is 0 Å². The van der Waals surface area contributed by atoms with Gasteiger partial charge in [0.2, 0.25) is 5.91 Å². The Labute approximate surface area is 236 Å². The minimum absolute atomic E-state index is 0.0986. The molecule has 2 heterocycles. The summed E-state index contributed by atoms with van der Waals surface area (Å²) >= 11 is 6.03. The van der Waals surface area contributed by atoms with Gasteiger partial charge in [-0.15, -0.1) is 0 Å². The summed E-state index contributed by atoms with van der Waals surface area (Å²) in [6, 6.07) is 25.8. The number of ether oxygens (including phenoxy) is 1. The molecule has 0 saturated carbocycles. The lowest BCUT2D eigenvalue weighted by atomic mass is 9.88. The van der Waals surface area contributed by atoms with Crippen molar-refractivity contribution in [3.05, 3.63) is 107 Å². The lowest BCUT2D eigenvalue weighted by Crippen LogP contribution is -2.49. The highest BCUT2D eigenvalue weighted by Gasteiger charge is 2.48. The molecule has 9 heteroatoms. The van der Waals surface area contributed by atoms with Crippen LogP contribution in [0.2, 0.25) is 5.02 Å². The second-order valence-electron chi connectivity index (χ2n) is 10.4. The Bertz CT molecular complexity index is 1260. The molecule has 2 fully saturated rings. The summed E-state index contributed by atoms with van der Waals surface area (Å²) in [6.07, 6.45) is -4.61. The van der Waals surface area contributed by atoms with Crippen molar-refractivity contribution < 1.29 is 27.5 Å². The molecule has 3 aromatic rings. The number of likely N-dealkylation sites (tertiary alicyclic amines) is 2. The molecule has 210 valence electrons. The number of piperidine rings is 1. The van der Waals surface area contributed by atoms with Crippen LogP contribution in [0, 0.1) is 0 Å². The van der Waals surface area contributed by atoms with Crippen molar-refractivity contribution in [3.8, 4) is 0 Å². The summed E-state index contributed by atoms with van der Waals surface area (Å²) < 4.78 is 44.6. The van der Waals surface area contributed by atoms with Crippen molar-refractivity contribution >= 4 is 23.5 Å². The number of esters is 1. The summed E-state index contributed by atoms with van der Waals surface area (Å²) in [5.41, 5.74) is 2.74. The minimum atomic E-state index is -5.11. The van der Waals surface area contributed by atoms with Crippen molar-refractivity contribution in [1.82, 2.24) is 9.80 Å². The monoisotopic (exact) mass is 570 g/mol. The molecule has 2 aliphatic heterocycles. The van der Waals surface area contributed by atoms with E-state index in [1.165, 1.54) is 5.56 Å². The van der Waals surface area contributed by atoms with Crippen LogP contribution in [0.5, 0.6) is 0 Å². The number of rotatable bonds is 6. The Morgan fingerprint density at radius 1 is 0.825 bits per heavy atom. The first kappa shape index (κ1) is 28.2. The fourth-order valence-electron chi connectivity index (χ4n) is 5.86. The number of nitrogens with zero attached hydrogens (tertiary/aromatic N) is 2. The van der Waals surface area contributed by atoms with Gasteiger partial charge in [-0.05, 0) is 60.7 Å². The molecule has 0 unspecified atom stereocenters. The second kappa shape index (κ2) is 12.0. The highest BCUT2D eigenvalue weighted by molar-refractivity contribution is 6.30. The summed E-state index contributed by atoms with van der Waals surface area (Å²) in [7, 11) is 0. The molecular formula is C31H30ClF3N2O3. The molecule has 3 aromatic carbocycles. The third kappa shape index (κ3) is 6.34. The van der Waals surface area contributed by atoms with Gasteiger partial charge >= 0.3 is 12.1 Å². The van der Waals surface area contributed by atoms with Crippen LogP contribution in [0.25, 0.3) is 0 Å². The highest BCUT2D eigenvalue weighted by Crippen LogP contribution is 2.34. The number of hydrogen-bond acceptors (Lipinski definition) is 4. The molecule has 5 rings (SSSR count). The number of benzene rings is 3. The van der Waals surface area contributed by atoms with E-state index in [2.05, 4.69) is 4.90 Å². The minimum Gasteiger partial charge on any atom is -0.452 e. The van der Waals surface area contributed by atoms with Gasteiger partial charge in [-0.3, -0.25) is 9.69 Å². The van der Waals surface area contributed by atoms with Gasteiger partial charge < -0.3 is 9.64 Å². The second-order valence-corrected chi connectivity index (χ2v) is 10.8. The van der Waals surface area contributed by atoms with E-state index in [9.17, 15) is 22.8 Å². The molecule has 2 aliphatic rings. The first-order valence-corrected chi connectivity index (χ1v) is 13.7. The van der Waals surface area contributed by atoms with Gasteiger partial charge in [-0.2, -0.15) is 13.2 Å². The Balaban J connectivity index is 1.36. The molecule has 0 spiro atoms. The smallest absolute Gasteiger partial charge is 0.452 e. The zero-order chi connectivity index (χ0) is 28.3. The average molecular weight is 571 g/mol. The maximum Gasteiger partial charge on any atom is 0.490 e. The van der Waals surface area contributed by atoms with Crippen molar-refractivity contribution in [1.29, 1.82) is 0 Å². The van der Waals surface area contributed by atoms with E-state index in [4.69, 9.17) is 16.3 Å². The van der Waals surface area contributed by atoms with Crippen molar-refractivity contribution in [2.45, 2.75) is 43.0 Å². The van der Waals surface area contributed by atoms with Gasteiger partial charge in [0.15, 0.2) is 0 Å². The van der Waals surface area contributed by atoms with Crippen LogP contribution in [0.3, 0.4) is 0 Å². The maximum absolute atomic E-state index is 14.0. The number of alkyl halides is 3. The number of hydrogen-bond donors (Lipinski definition) is 0. The van der Waals surface area contributed by atoms with Crippen LogP contribution in [-0.4, -0.2) is 66.2 Å². The van der Waals surface area contributed by atoms with E-state index in [0.29, 0.717) is 24.0 Å². The Morgan fingerprint density at radius 3 is 1.90 bits per heavy atom. The molecule has 0 radical (unpaired) electrons. The molecule has 0 N–H and O–H groups in total. The molecule has 40 heavy (non-hydrogen) atoms. The van der Waals surface area contributed by atoms with Crippen molar-refractivity contribution in [3.63, 3.8) is 0 Å². The maximum atomic E-state index is 14.0. The Hall–Kier alpha value is -3.36. The quantitative estimate of drug-likeness (QED) is 0.339. The zero-order valence-corrected chi connectivity index (χ0v) is 22.5. The molecule has 2 atom stereocenters. The zero-order valence-electron chi connectivity index (χ0n) is 21.8. The lowest BCUT2D eigenvalue weighted by molar-refractivity contribution is -0.206. The van der Waals surface area contributed by atoms with Gasteiger partial charge in [-0.25, -0.2) is 4.79 Å². The number of halogens is 4. The van der Waals surface area contributed by atoms with E-state index >= 15 is 0 Å². The predicted molar refractivity (Wildman–Crippen MR) is 146 cm³/mol. The van der Waals surface area contributed by atoms with Crippen LogP contribution in [0.15, 0.2) is 84.9 Å². The van der Waals surface area contributed by atoms with E-state index in [0.717, 1.165) is 24.0 Å². The lowest BCUT2D eigenvalue weighted by Gasteiger charge is -2.37. The molecular weight excluding hydrogens is 541 g/mol. The van der Waals surface area contributed by atoms with Crippen molar-refractivity contribution in [2.75, 3.05) is 26.2 Å². The number of carbonyl (C=O) groups is 2. The van der Waals surface area contributed by atoms with Crippen LogP contribution in [0.1, 0.15) is 41.4 Å². The summed E-state index contributed by atoms with van der Waals surface area (Å²) in [5, 5.41) is 0.663. The fourth-order valence-corrected chi connectivity index (χ4v) is 5.98. The SMILES string of the molecule is O=C(C(c1ccccc1)c1ccccc1)N1C[C@H](OC(=O)C(F)(F)F)[C@@H](N2CCC(c3ccc(Cl)cc3)CC2)C1. The molecule has 0 aromatic heterocycles. The van der Waals surface area contributed by atoms with Crippen LogP contribution in [-0.2, 0) is 14.3 Å². The summed E-state index contributed by atoms with van der Waals surface area (Å²) in [5.74, 6) is -2.79. The van der Waals surface area contributed by atoms with Gasteiger partial charge in [0, 0.05) is 11.6 Å². The first-order chi connectivity index (χ1) is 19.2. The summed E-state index contributed by atoms with van der Waals surface area (Å²) in [6.45, 7) is 1.30. The van der Waals surface area contributed by atoms with Gasteiger partial charge in [-0.1, -0.05) is 84.4 Å². The van der Waals surface area contributed by atoms with Crippen LogP contribution >= 0.6 is 11.6 Å². The highest BCUT2D eigenvalue weighted by atomic mass is 35.5. The van der Waals surface area contributed by atoms with E-state index in [1.54, 1.807) is 4.90 Å². The molecule has 5 nitrogen and oxygen atoms in total.